The summed E-state index contributed by atoms with van der Waals surface area (Å²) in [5.41, 5.74) is 2.24. The summed E-state index contributed by atoms with van der Waals surface area (Å²) in [4.78, 5) is 22.9. The average Bonchev–Trinajstić information content (AvgIpc) is 2.45. The normalized spacial score (nSPS) is 18.6. The van der Waals surface area contributed by atoms with Gasteiger partial charge in [-0.3, -0.25) is 4.79 Å². The Balaban J connectivity index is 2.10. The number of nitrogens with one attached hydrogen (secondary N) is 1. The highest BCUT2D eigenvalue weighted by Gasteiger charge is 2.17. The van der Waals surface area contributed by atoms with Crippen LogP contribution in [0.25, 0.3) is 6.08 Å². The van der Waals surface area contributed by atoms with Crippen LogP contribution in [-0.4, -0.2) is 34.5 Å². The largest absolute Gasteiger partial charge is 0.478 e. The van der Waals surface area contributed by atoms with Crippen molar-refractivity contribution in [2.45, 2.75) is 25.8 Å². The first-order valence-corrected chi connectivity index (χ1v) is 8.11. The number of aryl methyl sites for hydroxylation is 1. The third kappa shape index (κ3) is 4.93. The molecule has 1 amide bonds. The zero-order valence-electron chi connectivity index (χ0n) is 12.0. The van der Waals surface area contributed by atoms with Crippen molar-refractivity contribution < 1.29 is 14.7 Å². The highest BCUT2D eigenvalue weighted by Crippen LogP contribution is 2.18. The molecule has 1 atom stereocenters. The molecule has 21 heavy (non-hydrogen) atoms. The van der Waals surface area contributed by atoms with E-state index in [0.717, 1.165) is 35.8 Å². The minimum Gasteiger partial charge on any atom is -0.478 e. The molecule has 0 aromatic heterocycles. The topological polar surface area (TPSA) is 66.4 Å². The number of carbonyl (C=O) groups is 2. The number of amides is 1. The van der Waals surface area contributed by atoms with Gasteiger partial charge in [-0.05, 0) is 54.9 Å². The van der Waals surface area contributed by atoms with E-state index < -0.39 is 5.97 Å². The lowest BCUT2D eigenvalue weighted by Gasteiger charge is -2.22. The maximum Gasteiger partial charge on any atom is 0.328 e. The first kappa shape index (κ1) is 15.6. The fourth-order valence-electron chi connectivity index (χ4n) is 2.33. The van der Waals surface area contributed by atoms with Crippen molar-refractivity contribution in [2.75, 3.05) is 11.5 Å². The number of carboxylic acid groups (broad SMARTS) is 1. The summed E-state index contributed by atoms with van der Waals surface area (Å²) < 4.78 is 0. The second-order valence-electron chi connectivity index (χ2n) is 5.19. The molecule has 0 bridgehead atoms. The molecule has 1 aromatic carbocycles. The number of carboxylic acids is 1. The Kier molecular flexibility index (Phi) is 5.44. The first-order valence-electron chi connectivity index (χ1n) is 6.96. The van der Waals surface area contributed by atoms with Crippen LogP contribution in [0, 0.1) is 6.92 Å². The van der Waals surface area contributed by atoms with E-state index in [1.165, 1.54) is 11.8 Å². The smallest absolute Gasteiger partial charge is 0.328 e. The number of benzene rings is 1. The maximum absolute atomic E-state index is 12.3. The summed E-state index contributed by atoms with van der Waals surface area (Å²) in [7, 11) is 0. The molecule has 4 nitrogen and oxygen atoms in total. The molecule has 1 aliphatic heterocycles. The van der Waals surface area contributed by atoms with E-state index in [1.807, 2.05) is 30.8 Å². The van der Waals surface area contributed by atoms with Gasteiger partial charge in [-0.1, -0.05) is 6.07 Å². The quantitative estimate of drug-likeness (QED) is 0.839. The van der Waals surface area contributed by atoms with Crippen LogP contribution in [0.15, 0.2) is 24.3 Å². The van der Waals surface area contributed by atoms with E-state index in [9.17, 15) is 9.59 Å². The van der Waals surface area contributed by atoms with E-state index in [-0.39, 0.29) is 11.9 Å². The third-order valence-corrected chi connectivity index (χ3v) is 4.49. The second-order valence-corrected chi connectivity index (χ2v) is 6.34. The standard InChI is InChI=1S/C16H19NO3S/c1-11-7-12(4-5-15(18)19)9-13(8-11)16(20)17-14-3-2-6-21-10-14/h4-5,7-9,14H,2-3,6,10H2,1H3,(H,17,20)(H,18,19)/b5-4+. The van der Waals surface area contributed by atoms with E-state index in [4.69, 9.17) is 5.11 Å². The summed E-state index contributed by atoms with van der Waals surface area (Å²) >= 11 is 1.87. The van der Waals surface area contributed by atoms with Crippen LogP contribution in [0.2, 0.25) is 0 Å². The fraction of sp³-hybridized carbons (Fsp3) is 0.375. The van der Waals surface area contributed by atoms with Crippen LogP contribution < -0.4 is 5.32 Å². The van der Waals surface area contributed by atoms with Gasteiger partial charge >= 0.3 is 5.97 Å². The van der Waals surface area contributed by atoms with Gasteiger partial charge in [0.1, 0.15) is 0 Å². The van der Waals surface area contributed by atoms with Crippen molar-refractivity contribution in [3.05, 3.63) is 41.0 Å². The minimum atomic E-state index is -0.998. The Morgan fingerprint density at radius 1 is 1.38 bits per heavy atom. The maximum atomic E-state index is 12.3. The molecule has 2 N–H and O–H groups in total. The molecule has 1 unspecified atom stereocenters. The van der Waals surface area contributed by atoms with Crippen molar-refractivity contribution in [1.82, 2.24) is 5.32 Å². The highest BCUT2D eigenvalue weighted by molar-refractivity contribution is 7.99. The summed E-state index contributed by atoms with van der Waals surface area (Å²) in [5, 5.41) is 11.7. The van der Waals surface area contributed by atoms with E-state index >= 15 is 0 Å². The fourth-order valence-corrected chi connectivity index (χ4v) is 3.40. The van der Waals surface area contributed by atoms with Crippen molar-refractivity contribution in [1.29, 1.82) is 0 Å². The summed E-state index contributed by atoms with van der Waals surface area (Å²) in [5.74, 6) is 1.04. The van der Waals surface area contributed by atoms with E-state index in [0.29, 0.717) is 5.56 Å². The molecule has 0 aliphatic carbocycles. The van der Waals surface area contributed by atoms with Crippen LogP contribution in [0.3, 0.4) is 0 Å². The number of rotatable bonds is 4. The van der Waals surface area contributed by atoms with Crippen molar-refractivity contribution >= 4 is 29.7 Å². The van der Waals surface area contributed by atoms with Crippen LogP contribution in [0.1, 0.15) is 34.3 Å². The number of thioether (sulfide) groups is 1. The molecule has 1 aliphatic rings. The third-order valence-electron chi connectivity index (χ3n) is 3.28. The number of carbonyl (C=O) groups excluding carboxylic acids is 1. The number of aliphatic carboxylic acids is 1. The summed E-state index contributed by atoms with van der Waals surface area (Å²) in [6.07, 6.45) is 4.74. The molecule has 1 aromatic rings. The lowest BCUT2D eigenvalue weighted by Crippen LogP contribution is -2.38. The van der Waals surface area contributed by atoms with Crippen molar-refractivity contribution in [3.63, 3.8) is 0 Å². The Labute approximate surface area is 128 Å². The molecule has 0 radical (unpaired) electrons. The molecule has 2 rings (SSSR count). The van der Waals surface area contributed by atoms with Crippen LogP contribution in [-0.2, 0) is 4.79 Å². The number of hydrogen-bond donors (Lipinski definition) is 2. The zero-order chi connectivity index (χ0) is 15.2. The molecular formula is C16H19NO3S. The molecule has 1 fully saturated rings. The molecule has 1 saturated heterocycles. The summed E-state index contributed by atoms with van der Waals surface area (Å²) in [6.45, 7) is 1.89. The SMILES string of the molecule is Cc1cc(/C=C/C(=O)O)cc(C(=O)NC2CCCSC2)c1. The minimum absolute atomic E-state index is 0.0869. The van der Waals surface area contributed by atoms with E-state index in [2.05, 4.69) is 5.32 Å². The number of hydrogen-bond acceptors (Lipinski definition) is 3. The van der Waals surface area contributed by atoms with Gasteiger partial charge in [0.25, 0.3) is 5.91 Å². The van der Waals surface area contributed by atoms with Gasteiger partial charge in [-0.25, -0.2) is 4.79 Å². The molecule has 0 spiro atoms. The van der Waals surface area contributed by atoms with Gasteiger partial charge < -0.3 is 10.4 Å². The van der Waals surface area contributed by atoms with Crippen LogP contribution in [0.5, 0.6) is 0 Å². The molecular weight excluding hydrogens is 286 g/mol. The monoisotopic (exact) mass is 305 g/mol. The van der Waals surface area contributed by atoms with Crippen molar-refractivity contribution in [2.24, 2.45) is 0 Å². The molecule has 5 heteroatoms. The first-order chi connectivity index (χ1) is 10.0. The predicted octanol–water partition coefficient (Wildman–Crippen LogP) is 2.72. The van der Waals surface area contributed by atoms with E-state index in [1.54, 1.807) is 6.07 Å². The van der Waals surface area contributed by atoms with Crippen molar-refractivity contribution in [3.8, 4) is 0 Å². The Morgan fingerprint density at radius 3 is 2.86 bits per heavy atom. The highest BCUT2D eigenvalue weighted by atomic mass is 32.2. The molecule has 112 valence electrons. The molecule has 1 heterocycles. The Morgan fingerprint density at radius 2 is 2.19 bits per heavy atom. The summed E-state index contributed by atoms with van der Waals surface area (Å²) in [6, 6.07) is 5.63. The Hall–Kier alpha value is -1.75. The zero-order valence-corrected chi connectivity index (χ0v) is 12.8. The van der Waals surface area contributed by atoms with Gasteiger partial charge in [0.05, 0.1) is 0 Å². The van der Waals surface area contributed by atoms with Crippen LogP contribution in [0.4, 0.5) is 0 Å². The van der Waals surface area contributed by atoms with Gasteiger partial charge in [0.2, 0.25) is 0 Å². The molecule has 0 saturated carbocycles. The second kappa shape index (κ2) is 7.31. The predicted molar refractivity (Wildman–Crippen MR) is 85.7 cm³/mol. The average molecular weight is 305 g/mol. The van der Waals surface area contributed by atoms with Crippen LogP contribution >= 0.6 is 11.8 Å². The van der Waals surface area contributed by atoms with Gasteiger partial charge in [-0.2, -0.15) is 11.8 Å². The lowest BCUT2D eigenvalue weighted by molar-refractivity contribution is -0.131. The lowest BCUT2D eigenvalue weighted by atomic mass is 10.0. The van der Waals surface area contributed by atoms with Gasteiger partial charge in [0, 0.05) is 23.4 Å². The van der Waals surface area contributed by atoms with Gasteiger partial charge in [-0.15, -0.1) is 0 Å². The van der Waals surface area contributed by atoms with Gasteiger partial charge in [0.15, 0.2) is 0 Å². The Bertz CT molecular complexity index is 563.